The molecule has 0 saturated heterocycles. The highest BCUT2D eigenvalue weighted by atomic mass is 16.5. The van der Waals surface area contributed by atoms with Crippen LogP contribution in [0.15, 0.2) is 97.1 Å². The summed E-state index contributed by atoms with van der Waals surface area (Å²) < 4.78 is 21.1. The minimum atomic E-state index is -0.431. The predicted octanol–water partition coefficient (Wildman–Crippen LogP) is 6.44. The number of carbonyl (C=O) groups excluding carboxylic acids is 2. The van der Waals surface area contributed by atoms with Crippen molar-refractivity contribution < 1.29 is 28.5 Å². The highest BCUT2D eigenvalue weighted by molar-refractivity contribution is 5.92. The number of rotatable bonds is 10. The van der Waals surface area contributed by atoms with E-state index < -0.39 is 5.97 Å². The molecule has 0 unspecified atom stereocenters. The van der Waals surface area contributed by atoms with Crippen molar-refractivity contribution in [1.29, 1.82) is 0 Å². The van der Waals surface area contributed by atoms with E-state index in [4.69, 9.17) is 18.9 Å². The molecule has 4 rings (SSSR count). The van der Waals surface area contributed by atoms with E-state index in [2.05, 4.69) is 0 Å². The lowest BCUT2D eigenvalue weighted by Crippen LogP contribution is -2.08. The monoisotopic (exact) mass is 496 g/mol. The van der Waals surface area contributed by atoms with Gasteiger partial charge in [-0.3, -0.25) is 0 Å². The largest absolute Gasteiger partial charge is 0.491 e. The molecular formula is C31H28O6. The average Bonchev–Trinajstić information content (AvgIpc) is 2.94. The Hall–Kier alpha value is -4.42. The number of hydrogen-bond acceptors (Lipinski definition) is 6. The molecule has 0 fully saturated rings. The Kier molecular flexibility index (Phi) is 8.68. The molecule has 0 aromatic heterocycles. The highest BCUT2D eigenvalue weighted by Gasteiger charge is 2.10. The van der Waals surface area contributed by atoms with Crippen LogP contribution in [0.4, 0.5) is 0 Å². The molecule has 0 aliphatic carbocycles. The second-order valence-electron chi connectivity index (χ2n) is 8.15. The Bertz CT molecular complexity index is 1310. The molecule has 4 aromatic carbocycles. The molecule has 0 aliphatic heterocycles. The van der Waals surface area contributed by atoms with Crippen molar-refractivity contribution in [2.24, 2.45) is 0 Å². The zero-order chi connectivity index (χ0) is 26.0. The second kappa shape index (κ2) is 12.5. The molecule has 6 heteroatoms. The Morgan fingerprint density at radius 3 is 1.46 bits per heavy atom. The summed E-state index contributed by atoms with van der Waals surface area (Å²) in [7, 11) is 1.64. The molecule has 188 valence electrons. The van der Waals surface area contributed by atoms with Gasteiger partial charge >= 0.3 is 11.9 Å². The summed E-state index contributed by atoms with van der Waals surface area (Å²) in [5.41, 5.74) is 4.85. The van der Waals surface area contributed by atoms with Gasteiger partial charge in [0.1, 0.15) is 18.1 Å². The summed E-state index contributed by atoms with van der Waals surface area (Å²) in [5, 5.41) is 0. The van der Waals surface area contributed by atoms with Crippen molar-refractivity contribution in [3.8, 4) is 33.8 Å². The standard InChI is InChI=1S/C31H28O6/c1-3-35-30(32)26-8-4-22(5-9-26)25-14-18-29(19-15-25)37-31(33)27-10-6-23(7-11-27)24-12-16-28(17-13-24)36-21-20-34-2/h4-19H,3,20-21H2,1-2H3. The van der Waals surface area contributed by atoms with Gasteiger partial charge in [0.05, 0.1) is 24.3 Å². The lowest BCUT2D eigenvalue weighted by atomic mass is 10.0. The third kappa shape index (κ3) is 6.84. The Morgan fingerprint density at radius 2 is 1.00 bits per heavy atom. The lowest BCUT2D eigenvalue weighted by molar-refractivity contribution is 0.0526. The first kappa shape index (κ1) is 25.7. The van der Waals surface area contributed by atoms with Crippen LogP contribution < -0.4 is 9.47 Å². The van der Waals surface area contributed by atoms with Gasteiger partial charge in [-0.25, -0.2) is 9.59 Å². The molecule has 0 amide bonds. The van der Waals surface area contributed by atoms with Crippen LogP contribution >= 0.6 is 0 Å². The van der Waals surface area contributed by atoms with Gasteiger partial charge in [-0.15, -0.1) is 0 Å². The summed E-state index contributed by atoms with van der Waals surface area (Å²) in [6.45, 7) is 3.15. The Morgan fingerprint density at radius 1 is 0.568 bits per heavy atom. The van der Waals surface area contributed by atoms with Crippen LogP contribution in [0.1, 0.15) is 27.6 Å². The minimum Gasteiger partial charge on any atom is -0.491 e. The third-order valence-corrected chi connectivity index (χ3v) is 5.66. The highest BCUT2D eigenvalue weighted by Crippen LogP contribution is 2.25. The zero-order valence-corrected chi connectivity index (χ0v) is 20.8. The van der Waals surface area contributed by atoms with E-state index in [9.17, 15) is 9.59 Å². The van der Waals surface area contributed by atoms with Crippen LogP contribution in [-0.2, 0) is 9.47 Å². The maximum Gasteiger partial charge on any atom is 0.343 e. The molecule has 0 saturated carbocycles. The van der Waals surface area contributed by atoms with Crippen LogP contribution in [-0.4, -0.2) is 38.9 Å². The predicted molar refractivity (Wildman–Crippen MR) is 142 cm³/mol. The van der Waals surface area contributed by atoms with Gasteiger partial charge < -0.3 is 18.9 Å². The van der Waals surface area contributed by atoms with E-state index >= 15 is 0 Å². The fourth-order valence-electron chi connectivity index (χ4n) is 3.68. The quantitative estimate of drug-likeness (QED) is 0.143. The molecule has 0 N–H and O–H groups in total. The van der Waals surface area contributed by atoms with Gasteiger partial charge in [-0.05, 0) is 77.7 Å². The van der Waals surface area contributed by atoms with Gasteiger partial charge in [0.2, 0.25) is 0 Å². The number of methoxy groups -OCH3 is 1. The van der Waals surface area contributed by atoms with Crippen molar-refractivity contribution in [1.82, 2.24) is 0 Å². The van der Waals surface area contributed by atoms with Crippen molar-refractivity contribution >= 4 is 11.9 Å². The maximum absolute atomic E-state index is 12.6. The Labute approximate surface area is 216 Å². The van der Waals surface area contributed by atoms with Crippen molar-refractivity contribution in [2.45, 2.75) is 6.92 Å². The van der Waals surface area contributed by atoms with Gasteiger partial charge in [0.15, 0.2) is 0 Å². The molecule has 37 heavy (non-hydrogen) atoms. The molecule has 6 nitrogen and oxygen atoms in total. The summed E-state index contributed by atoms with van der Waals surface area (Å²) in [6, 6.07) is 29.5. The first-order valence-electron chi connectivity index (χ1n) is 12.0. The van der Waals surface area contributed by atoms with E-state index in [1.807, 2.05) is 60.7 Å². The number of hydrogen-bond donors (Lipinski definition) is 0. The summed E-state index contributed by atoms with van der Waals surface area (Å²) >= 11 is 0. The lowest BCUT2D eigenvalue weighted by Gasteiger charge is -2.09. The number of benzene rings is 4. The van der Waals surface area contributed by atoms with E-state index in [0.717, 1.165) is 28.0 Å². The van der Waals surface area contributed by atoms with Crippen molar-refractivity contribution in [3.63, 3.8) is 0 Å². The van der Waals surface area contributed by atoms with Crippen LogP contribution in [0, 0.1) is 0 Å². The topological polar surface area (TPSA) is 71.1 Å². The minimum absolute atomic E-state index is 0.338. The second-order valence-corrected chi connectivity index (χ2v) is 8.15. The molecule has 0 atom stereocenters. The molecule has 0 heterocycles. The zero-order valence-electron chi connectivity index (χ0n) is 20.8. The van der Waals surface area contributed by atoms with Crippen LogP contribution in [0.5, 0.6) is 11.5 Å². The number of esters is 2. The third-order valence-electron chi connectivity index (χ3n) is 5.66. The van der Waals surface area contributed by atoms with Gasteiger partial charge in [0, 0.05) is 7.11 Å². The fourth-order valence-corrected chi connectivity index (χ4v) is 3.68. The molecule has 0 radical (unpaired) electrons. The number of carbonyl (C=O) groups is 2. The van der Waals surface area contributed by atoms with Crippen LogP contribution in [0.25, 0.3) is 22.3 Å². The summed E-state index contributed by atoms with van der Waals surface area (Å²) in [4.78, 5) is 24.5. The average molecular weight is 497 g/mol. The summed E-state index contributed by atoms with van der Waals surface area (Å²) in [5.74, 6) is 0.455. The maximum atomic E-state index is 12.6. The van der Waals surface area contributed by atoms with E-state index in [0.29, 0.717) is 36.7 Å². The van der Waals surface area contributed by atoms with Gasteiger partial charge in [-0.2, -0.15) is 0 Å². The smallest absolute Gasteiger partial charge is 0.343 e. The first-order chi connectivity index (χ1) is 18.1. The van der Waals surface area contributed by atoms with E-state index in [1.54, 1.807) is 50.4 Å². The molecule has 0 aliphatic rings. The molecule has 0 spiro atoms. The fraction of sp³-hybridized carbons (Fsp3) is 0.161. The van der Waals surface area contributed by atoms with Crippen LogP contribution in [0.2, 0.25) is 0 Å². The molecule has 4 aromatic rings. The summed E-state index contributed by atoms with van der Waals surface area (Å²) in [6.07, 6.45) is 0. The van der Waals surface area contributed by atoms with Gasteiger partial charge in [0.25, 0.3) is 0 Å². The SMILES string of the molecule is CCOC(=O)c1ccc(-c2ccc(OC(=O)c3ccc(-c4ccc(OCCOC)cc4)cc3)cc2)cc1. The van der Waals surface area contributed by atoms with E-state index in [-0.39, 0.29) is 5.97 Å². The van der Waals surface area contributed by atoms with Crippen molar-refractivity contribution in [2.75, 3.05) is 26.9 Å². The van der Waals surface area contributed by atoms with Gasteiger partial charge in [-0.1, -0.05) is 48.5 Å². The molecular weight excluding hydrogens is 468 g/mol. The Balaban J connectivity index is 1.35. The van der Waals surface area contributed by atoms with Crippen molar-refractivity contribution in [3.05, 3.63) is 108 Å². The van der Waals surface area contributed by atoms with E-state index in [1.165, 1.54) is 0 Å². The molecule has 0 bridgehead atoms. The normalized spacial score (nSPS) is 10.5. The number of ether oxygens (including phenoxy) is 4. The first-order valence-corrected chi connectivity index (χ1v) is 12.0. The van der Waals surface area contributed by atoms with Crippen LogP contribution in [0.3, 0.4) is 0 Å².